The maximum Gasteiger partial charge on any atom is 0.172 e. The van der Waals surface area contributed by atoms with Gasteiger partial charge in [-0.05, 0) is 37.5 Å². The number of benzene rings is 1. The third-order valence-corrected chi connectivity index (χ3v) is 3.08. The Bertz CT molecular complexity index is 564. The Morgan fingerprint density at radius 3 is 2.78 bits per heavy atom. The Hall–Kier alpha value is -2.04. The molecule has 2 aromatic rings. The third-order valence-electron chi connectivity index (χ3n) is 3.08. The van der Waals surface area contributed by atoms with Crippen LogP contribution in [0.5, 0.6) is 5.75 Å². The first-order chi connectivity index (χ1) is 8.72. The lowest BCUT2D eigenvalue weighted by atomic mass is 9.96. The minimum absolute atomic E-state index is 0.217. The largest absolute Gasteiger partial charge is 0.490 e. The van der Waals surface area contributed by atoms with Gasteiger partial charge in [0.15, 0.2) is 11.6 Å². The summed E-state index contributed by atoms with van der Waals surface area (Å²) in [4.78, 5) is 0. The zero-order valence-corrected chi connectivity index (χ0v) is 9.73. The molecule has 5 heteroatoms. The van der Waals surface area contributed by atoms with Crippen LogP contribution in [0, 0.1) is 5.82 Å². The maximum atomic E-state index is 13.3. The minimum atomic E-state index is -0.346. The predicted molar refractivity (Wildman–Crippen MR) is 64.6 cm³/mol. The minimum Gasteiger partial charge on any atom is -0.490 e. The molecule has 18 heavy (non-hydrogen) atoms. The molecule has 0 spiro atoms. The first-order valence-electron chi connectivity index (χ1n) is 5.91. The van der Waals surface area contributed by atoms with E-state index in [1.54, 1.807) is 12.1 Å². The fourth-order valence-corrected chi connectivity index (χ4v) is 1.88. The van der Waals surface area contributed by atoms with E-state index in [1.807, 2.05) is 0 Å². The van der Waals surface area contributed by atoms with Crippen molar-refractivity contribution in [2.24, 2.45) is 0 Å². The molecule has 0 bridgehead atoms. The molecule has 0 aliphatic heterocycles. The van der Waals surface area contributed by atoms with E-state index >= 15 is 0 Å². The van der Waals surface area contributed by atoms with Crippen LogP contribution in [-0.2, 0) is 0 Å². The van der Waals surface area contributed by atoms with E-state index in [4.69, 9.17) is 15.0 Å². The van der Waals surface area contributed by atoms with Crippen molar-refractivity contribution in [3.05, 3.63) is 30.1 Å². The molecule has 1 heterocycles. The summed E-state index contributed by atoms with van der Waals surface area (Å²) in [5.74, 6) is 0.948. The standard InChI is InChI=1S/C13H13FN2O2/c14-8-4-5-11(17-9-2-1-3-9)10(6-8)12-7-13(15)16-18-12/h4-7,9H,1-3H2,(H2,15,16). The highest BCUT2D eigenvalue weighted by atomic mass is 19.1. The van der Waals surface area contributed by atoms with Crippen LogP contribution in [0.2, 0.25) is 0 Å². The lowest BCUT2D eigenvalue weighted by molar-refractivity contribution is 0.120. The summed E-state index contributed by atoms with van der Waals surface area (Å²) >= 11 is 0. The molecule has 0 unspecified atom stereocenters. The summed E-state index contributed by atoms with van der Waals surface area (Å²) in [5.41, 5.74) is 6.05. The average Bonchev–Trinajstić information content (AvgIpc) is 2.71. The summed E-state index contributed by atoms with van der Waals surface area (Å²) in [6.07, 6.45) is 3.47. The van der Waals surface area contributed by atoms with Crippen molar-refractivity contribution >= 4 is 5.82 Å². The van der Waals surface area contributed by atoms with Gasteiger partial charge in [0.1, 0.15) is 11.6 Å². The lowest BCUT2D eigenvalue weighted by Gasteiger charge is -2.27. The molecule has 3 rings (SSSR count). The highest BCUT2D eigenvalue weighted by Gasteiger charge is 2.22. The van der Waals surface area contributed by atoms with Crippen molar-refractivity contribution in [1.82, 2.24) is 5.16 Å². The monoisotopic (exact) mass is 248 g/mol. The number of nitrogen functional groups attached to an aromatic ring is 1. The molecule has 1 aromatic heterocycles. The first-order valence-corrected chi connectivity index (χ1v) is 5.91. The first kappa shape index (κ1) is 11.1. The van der Waals surface area contributed by atoms with Gasteiger partial charge >= 0.3 is 0 Å². The molecule has 1 fully saturated rings. The number of anilines is 1. The van der Waals surface area contributed by atoms with E-state index in [1.165, 1.54) is 18.6 Å². The SMILES string of the molecule is Nc1cc(-c2cc(F)ccc2OC2CCC2)on1. The van der Waals surface area contributed by atoms with Crippen molar-refractivity contribution in [1.29, 1.82) is 0 Å². The normalized spacial score (nSPS) is 15.4. The van der Waals surface area contributed by atoms with Crippen LogP contribution in [-0.4, -0.2) is 11.3 Å². The molecule has 0 saturated heterocycles. The highest BCUT2D eigenvalue weighted by Crippen LogP contribution is 2.35. The van der Waals surface area contributed by atoms with Crippen molar-refractivity contribution in [2.75, 3.05) is 5.73 Å². The summed E-state index contributed by atoms with van der Waals surface area (Å²) in [5, 5.41) is 3.60. The van der Waals surface area contributed by atoms with Gasteiger partial charge in [-0.25, -0.2) is 4.39 Å². The van der Waals surface area contributed by atoms with Gasteiger partial charge in [0, 0.05) is 6.07 Å². The van der Waals surface area contributed by atoms with E-state index in [9.17, 15) is 4.39 Å². The van der Waals surface area contributed by atoms with Crippen molar-refractivity contribution in [3.63, 3.8) is 0 Å². The molecular formula is C13H13FN2O2. The van der Waals surface area contributed by atoms with Gasteiger partial charge in [0.05, 0.1) is 11.7 Å². The molecule has 2 N–H and O–H groups in total. The number of hydrogen-bond acceptors (Lipinski definition) is 4. The number of rotatable bonds is 3. The Labute approximate surface area is 104 Å². The molecule has 0 amide bonds. The van der Waals surface area contributed by atoms with Crippen molar-refractivity contribution in [3.8, 4) is 17.1 Å². The average molecular weight is 248 g/mol. The van der Waals surface area contributed by atoms with Gasteiger partial charge in [-0.1, -0.05) is 5.16 Å². The number of hydrogen-bond donors (Lipinski definition) is 1. The van der Waals surface area contributed by atoms with Gasteiger partial charge in [0.25, 0.3) is 0 Å². The number of ether oxygens (including phenoxy) is 1. The van der Waals surface area contributed by atoms with Gasteiger partial charge in [-0.15, -0.1) is 0 Å². The van der Waals surface area contributed by atoms with Crippen LogP contribution in [0.25, 0.3) is 11.3 Å². The topological polar surface area (TPSA) is 61.3 Å². The summed E-state index contributed by atoms with van der Waals surface area (Å²) in [6, 6.07) is 5.91. The molecule has 0 radical (unpaired) electrons. The van der Waals surface area contributed by atoms with Gasteiger partial charge in [0.2, 0.25) is 0 Å². The number of nitrogens with two attached hydrogens (primary N) is 1. The lowest BCUT2D eigenvalue weighted by Crippen LogP contribution is -2.24. The fourth-order valence-electron chi connectivity index (χ4n) is 1.88. The molecule has 0 atom stereocenters. The van der Waals surface area contributed by atoms with E-state index in [2.05, 4.69) is 5.16 Å². The van der Waals surface area contributed by atoms with Crippen LogP contribution in [0.15, 0.2) is 28.8 Å². The summed E-state index contributed by atoms with van der Waals surface area (Å²) in [7, 11) is 0. The second-order valence-electron chi connectivity index (χ2n) is 4.43. The van der Waals surface area contributed by atoms with Gasteiger partial charge < -0.3 is 15.0 Å². The maximum absolute atomic E-state index is 13.3. The second-order valence-corrected chi connectivity index (χ2v) is 4.43. The van der Waals surface area contributed by atoms with Crippen LogP contribution in [0.3, 0.4) is 0 Å². The van der Waals surface area contributed by atoms with Crippen molar-refractivity contribution < 1.29 is 13.7 Å². The predicted octanol–water partition coefficient (Wildman–Crippen LogP) is 2.99. The molecule has 1 aliphatic carbocycles. The molecule has 1 aliphatic rings. The summed E-state index contributed by atoms with van der Waals surface area (Å²) in [6.45, 7) is 0. The van der Waals surface area contributed by atoms with E-state index in [-0.39, 0.29) is 17.7 Å². The summed E-state index contributed by atoms with van der Waals surface area (Å²) < 4.78 is 24.2. The van der Waals surface area contributed by atoms with E-state index in [0.717, 1.165) is 12.8 Å². The molecular weight excluding hydrogens is 235 g/mol. The zero-order valence-electron chi connectivity index (χ0n) is 9.73. The van der Waals surface area contributed by atoms with E-state index < -0.39 is 0 Å². The second kappa shape index (κ2) is 4.33. The van der Waals surface area contributed by atoms with Crippen molar-refractivity contribution in [2.45, 2.75) is 25.4 Å². The Balaban J connectivity index is 1.96. The van der Waals surface area contributed by atoms with Gasteiger partial charge in [-0.2, -0.15) is 0 Å². The van der Waals surface area contributed by atoms with Crippen LogP contribution >= 0.6 is 0 Å². The Morgan fingerprint density at radius 2 is 2.17 bits per heavy atom. The van der Waals surface area contributed by atoms with Crippen LogP contribution in [0.4, 0.5) is 10.2 Å². The molecule has 1 aromatic carbocycles. The molecule has 4 nitrogen and oxygen atoms in total. The highest BCUT2D eigenvalue weighted by molar-refractivity contribution is 5.67. The fraction of sp³-hybridized carbons (Fsp3) is 0.308. The quantitative estimate of drug-likeness (QED) is 0.907. The van der Waals surface area contributed by atoms with Gasteiger partial charge in [-0.3, -0.25) is 0 Å². The number of aromatic nitrogens is 1. The zero-order chi connectivity index (χ0) is 12.5. The molecule has 1 saturated carbocycles. The molecule has 94 valence electrons. The van der Waals surface area contributed by atoms with Crippen LogP contribution in [0.1, 0.15) is 19.3 Å². The smallest absolute Gasteiger partial charge is 0.172 e. The van der Waals surface area contributed by atoms with Crippen LogP contribution < -0.4 is 10.5 Å². The van der Waals surface area contributed by atoms with E-state index in [0.29, 0.717) is 17.1 Å². The Morgan fingerprint density at radius 1 is 1.33 bits per heavy atom. The number of halogens is 1. The third kappa shape index (κ3) is 2.03. The number of nitrogens with zero attached hydrogens (tertiary/aromatic N) is 1. The Kier molecular flexibility index (Phi) is 2.66.